The molecular weight excluding hydrogens is 372 g/mol. The summed E-state index contributed by atoms with van der Waals surface area (Å²) in [5, 5.41) is 15.5. The van der Waals surface area contributed by atoms with Gasteiger partial charge in [-0.05, 0) is 24.5 Å². The molecule has 140 valence electrons. The van der Waals surface area contributed by atoms with Crippen molar-refractivity contribution in [2.24, 2.45) is 5.92 Å². The molecule has 1 aromatic heterocycles. The van der Waals surface area contributed by atoms with Gasteiger partial charge in [-0.2, -0.15) is 0 Å². The van der Waals surface area contributed by atoms with Crippen LogP contribution in [-0.2, 0) is 9.59 Å². The van der Waals surface area contributed by atoms with Crippen molar-refractivity contribution in [3.63, 3.8) is 0 Å². The van der Waals surface area contributed by atoms with E-state index in [1.54, 1.807) is 12.1 Å². The number of hydrogen-bond donors (Lipinski definition) is 2. The Bertz CT molecular complexity index is 748. The lowest BCUT2D eigenvalue weighted by Gasteiger charge is -2.22. The molecule has 0 saturated carbocycles. The average Bonchev–Trinajstić information content (AvgIpc) is 3.08. The van der Waals surface area contributed by atoms with Gasteiger partial charge in [0.1, 0.15) is 11.0 Å². The highest BCUT2D eigenvalue weighted by Gasteiger charge is 2.26. The zero-order chi connectivity index (χ0) is 19.1. The second-order valence-electron chi connectivity index (χ2n) is 6.09. The average molecular weight is 395 g/mol. The number of aromatic nitrogens is 2. The summed E-state index contributed by atoms with van der Waals surface area (Å²) in [4.78, 5) is 24.6. The van der Waals surface area contributed by atoms with E-state index in [2.05, 4.69) is 20.8 Å². The molecule has 0 bridgehead atoms. The molecule has 0 aliphatic heterocycles. The van der Waals surface area contributed by atoms with E-state index >= 15 is 0 Å². The first-order valence-electron chi connectivity index (χ1n) is 8.64. The van der Waals surface area contributed by atoms with Crippen LogP contribution in [0.15, 0.2) is 24.3 Å². The van der Waals surface area contributed by atoms with Gasteiger partial charge in [-0.3, -0.25) is 14.9 Å². The molecule has 0 fully saturated rings. The maximum Gasteiger partial charge on any atom is 0.249 e. The van der Waals surface area contributed by atoms with Crippen LogP contribution < -0.4 is 10.6 Å². The van der Waals surface area contributed by atoms with Crippen LogP contribution in [0.4, 0.5) is 5.13 Å². The SMILES string of the molecule is CCCC(=O)NC(C(=O)Nc1nnc(-c2ccc(Cl)cc2)s1)C(C)CC. The van der Waals surface area contributed by atoms with Crippen LogP contribution >= 0.6 is 22.9 Å². The minimum absolute atomic E-state index is 0.0134. The van der Waals surface area contributed by atoms with Gasteiger partial charge in [-0.15, -0.1) is 10.2 Å². The van der Waals surface area contributed by atoms with E-state index in [1.807, 2.05) is 32.9 Å². The molecule has 6 nitrogen and oxygen atoms in total. The number of carbonyl (C=O) groups is 2. The Morgan fingerprint density at radius 2 is 1.88 bits per heavy atom. The van der Waals surface area contributed by atoms with E-state index in [9.17, 15) is 9.59 Å². The summed E-state index contributed by atoms with van der Waals surface area (Å²) in [6.45, 7) is 5.85. The molecule has 0 aliphatic carbocycles. The number of nitrogens with zero attached hydrogens (tertiary/aromatic N) is 2. The molecule has 0 spiro atoms. The van der Waals surface area contributed by atoms with Crippen molar-refractivity contribution >= 4 is 39.9 Å². The second kappa shape index (κ2) is 9.64. The molecular formula is C18H23ClN4O2S. The van der Waals surface area contributed by atoms with Crippen LogP contribution in [0.5, 0.6) is 0 Å². The molecule has 26 heavy (non-hydrogen) atoms. The number of anilines is 1. The monoisotopic (exact) mass is 394 g/mol. The Kier molecular flexibility index (Phi) is 7.53. The Balaban J connectivity index is 2.08. The fourth-order valence-electron chi connectivity index (χ4n) is 2.34. The smallest absolute Gasteiger partial charge is 0.249 e. The largest absolute Gasteiger partial charge is 0.344 e. The fraction of sp³-hybridized carbons (Fsp3) is 0.444. The van der Waals surface area contributed by atoms with Crippen LogP contribution in [-0.4, -0.2) is 28.1 Å². The summed E-state index contributed by atoms with van der Waals surface area (Å²) >= 11 is 7.17. The summed E-state index contributed by atoms with van der Waals surface area (Å²) in [5.74, 6) is -0.380. The molecule has 1 heterocycles. The zero-order valence-electron chi connectivity index (χ0n) is 15.1. The van der Waals surface area contributed by atoms with Crippen LogP contribution in [0.2, 0.25) is 5.02 Å². The predicted molar refractivity (Wildman–Crippen MR) is 105 cm³/mol. The first kappa shape index (κ1) is 20.3. The van der Waals surface area contributed by atoms with Gasteiger partial charge in [-0.25, -0.2) is 0 Å². The number of benzene rings is 1. The van der Waals surface area contributed by atoms with Gasteiger partial charge in [0.25, 0.3) is 0 Å². The zero-order valence-corrected chi connectivity index (χ0v) is 16.7. The highest BCUT2D eigenvalue weighted by molar-refractivity contribution is 7.18. The third kappa shape index (κ3) is 5.51. The third-order valence-electron chi connectivity index (χ3n) is 4.04. The molecule has 2 N–H and O–H groups in total. The number of nitrogens with one attached hydrogen (secondary N) is 2. The number of amides is 2. The Hall–Kier alpha value is -1.99. The van der Waals surface area contributed by atoms with Gasteiger partial charge in [0.05, 0.1) is 0 Å². The van der Waals surface area contributed by atoms with Crippen LogP contribution in [0.25, 0.3) is 10.6 Å². The van der Waals surface area contributed by atoms with Gasteiger partial charge in [-0.1, -0.05) is 62.3 Å². The van der Waals surface area contributed by atoms with Gasteiger partial charge >= 0.3 is 0 Å². The Labute approximate surface area is 162 Å². The van der Waals surface area contributed by atoms with Crippen LogP contribution in [0.3, 0.4) is 0 Å². The first-order valence-corrected chi connectivity index (χ1v) is 9.83. The standard InChI is InChI=1S/C18H23ClN4O2S/c1-4-6-14(24)20-15(11(3)5-2)16(25)21-18-23-22-17(26-18)12-7-9-13(19)10-8-12/h7-11,15H,4-6H2,1-3H3,(H,20,24)(H,21,23,25). The number of hydrogen-bond acceptors (Lipinski definition) is 5. The quantitative estimate of drug-likeness (QED) is 0.705. The Morgan fingerprint density at radius 1 is 1.19 bits per heavy atom. The Morgan fingerprint density at radius 3 is 2.50 bits per heavy atom. The van der Waals surface area contributed by atoms with Crippen LogP contribution in [0, 0.1) is 5.92 Å². The molecule has 0 radical (unpaired) electrons. The maximum atomic E-state index is 12.6. The lowest BCUT2D eigenvalue weighted by molar-refractivity contribution is -0.127. The molecule has 2 rings (SSSR count). The second-order valence-corrected chi connectivity index (χ2v) is 7.50. The summed E-state index contributed by atoms with van der Waals surface area (Å²) in [7, 11) is 0. The van der Waals surface area contributed by atoms with Gasteiger partial charge in [0.2, 0.25) is 16.9 Å². The van der Waals surface area contributed by atoms with Gasteiger partial charge in [0.15, 0.2) is 0 Å². The van der Waals surface area contributed by atoms with Crippen molar-refractivity contribution in [3.05, 3.63) is 29.3 Å². The molecule has 2 atom stereocenters. The molecule has 0 saturated heterocycles. The van der Waals surface area contributed by atoms with E-state index in [0.29, 0.717) is 21.6 Å². The number of halogens is 1. The third-order valence-corrected chi connectivity index (χ3v) is 5.18. The van der Waals surface area contributed by atoms with Crippen molar-refractivity contribution in [2.75, 3.05) is 5.32 Å². The predicted octanol–water partition coefficient (Wildman–Crippen LogP) is 4.13. The molecule has 2 amide bonds. The number of carbonyl (C=O) groups excluding carboxylic acids is 2. The van der Waals surface area contributed by atoms with E-state index in [0.717, 1.165) is 18.4 Å². The molecule has 2 aromatic rings. The first-order chi connectivity index (χ1) is 12.4. The van der Waals surface area contributed by atoms with Crippen molar-refractivity contribution < 1.29 is 9.59 Å². The van der Waals surface area contributed by atoms with Crippen molar-refractivity contribution in [1.82, 2.24) is 15.5 Å². The van der Waals surface area contributed by atoms with Gasteiger partial charge in [0, 0.05) is 17.0 Å². The van der Waals surface area contributed by atoms with E-state index in [-0.39, 0.29) is 17.7 Å². The summed E-state index contributed by atoms with van der Waals surface area (Å²) in [6.07, 6.45) is 1.91. The van der Waals surface area contributed by atoms with Crippen molar-refractivity contribution in [2.45, 2.75) is 46.1 Å². The maximum absolute atomic E-state index is 12.6. The van der Waals surface area contributed by atoms with E-state index in [4.69, 9.17) is 11.6 Å². The van der Waals surface area contributed by atoms with E-state index < -0.39 is 6.04 Å². The van der Waals surface area contributed by atoms with Gasteiger partial charge < -0.3 is 5.32 Å². The molecule has 2 unspecified atom stereocenters. The number of rotatable bonds is 8. The van der Waals surface area contributed by atoms with E-state index in [1.165, 1.54) is 11.3 Å². The normalized spacial score (nSPS) is 13.1. The fourth-order valence-corrected chi connectivity index (χ4v) is 3.22. The summed E-state index contributed by atoms with van der Waals surface area (Å²) < 4.78 is 0. The topological polar surface area (TPSA) is 84.0 Å². The summed E-state index contributed by atoms with van der Waals surface area (Å²) in [6, 6.07) is 6.65. The minimum Gasteiger partial charge on any atom is -0.344 e. The van der Waals surface area contributed by atoms with Crippen molar-refractivity contribution in [3.8, 4) is 10.6 Å². The van der Waals surface area contributed by atoms with Crippen molar-refractivity contribution in [1.29, 1.82) is 0 Å². The molecule has 1 aromatic carbocycles. The lowest BCUT2D eigenvalue weighted by atomic mass is 9.98. The minimum atomic E-state index is -0.595. The highest BCUT2D eigenvalue weighted by atomic mass is 35.5. The molecule has 8 heteroatoms. The molecule has 0 aliphatic rings. The lowest BCUT2D eigenvalue weighted by Crippen LogP contribution is -2.47. The summed E-state index contributed by atoms with van der Waals surface area (Å²) in [5.41, 5.74) is 0.877. The van der Waals surface area contributed by atoms with Crippen LogP contribution in [0.1, 0.15) is 40.0 Å². The highest BCUT2D eigenvalue weighted by Crippen LogP contribution is 2.27.